The molecule has 0 bridgehead atoms. The van der Waals surface area contributed by atoms with Gasteiger partial charge in [-0.1, -0.05) is 0 Å². The Bertz CT molecular complexity index is 544. The topological polar surface area (TPSA) is 32.3 Å². The van der Waals surface area contributed by atoms with E-state index in [4.69, 9.17) is 0 Å². The van der Waals surface area contributed by atoms with Crippen LogP contribution in [0.15, 0.2) is 34.1 Å². The lowest BCUT2D eigenvalue weighted by molar-refractivity contribution is 0.449. The fourth-order valence-electron chi connectivity index (χ4n) is 1.68. The van der Waals surface area contributed by atoms with Crippen LogP contribution in [-0.4, -0.2) is 5.11 Å². The lowest BCUT2D eigenvalue weighted by atomic mass is 10.1. The van der Waals surface area contributed by atoms with Crippen LogP contribution in [0.25, 0.3) is 0 Å². The van der Waals surface area contributed by atoms with Crippen LogP contribution in [0.2, 0.25) is 0 Å². The zero-order chi connectivity index (χ0) is 13.1. The Morgan fingerprint density at radius 1 is 1.44 bits per heavy atom. The van der Waals surface area contributed by atoms with Gasteiger partial charge in [-0.2, -0.15) is 0 Å². The van der Waals surface area contributed by atoms with Crippen LogP contribution in [0.1, 0.15) is 23.4 Å². The van der Waals surface area contributed by atoms with E-state index in [1.807, 2.05) is 18.4 Å². The van der Waals surface area contributed by atoms with Crippen molar-refractivity contribution in [1.82, 2.24) is 5.32 Å². The van der Waals surface area contributed by atoms with Gasteiger partial charge in [-0.25, -0.2) is 4.39 Å². The first-order valence-corrected chi connectivity index (χ1v) is 7.19. The molecule has 0 fully saturated rings. The van der Waals surface area contributed by atoms with Crippen molar-refractivity contribution in [3.8, 4) is 5.75 Å². The first-order chi connectivity index (χ1) is 8.58. The number of hydrogen-bond donors (Lipinski definition) is 2. The zero-order valence-corrected chi connectivity index (χ0v) is 12.2. The van der Waals surface area contributed by atoms with E-state index < -0.39 is 0 Å². The number of halogens is 2. The zero-order valence-electron chi connectivity index (χ0n) is 9.78. The molecule has 0 saturated heterocycles. The van der Waals surface area contributed by atoms with E-state index in [0.29, 0.717) is 12.1 Å². The van der Waals surface area contributed by atoms with Gasteiger partial charge >= 0.3 is 0 Å². The Balaban J connectivity index is 2.06. The molecule has 2 aromatic rings. The standard InChI is InChI=1S/C13H13BrFNOS/c1-8(10-6-9(15)2-3-12(10)17)16-7-13-11(14)4-5-18-13/h2-6,8,16-17H,7H2,1H3. The third kappa shape index (κ3) is 3.10. The maximum absolute atomic E-state index is 13.1. The Labute approximate surface area is 118 Å². The molecule has 0 saturated carbocycles. The fourth-order valence-corrected chi connectivity index (χ4v) is 3.12. The molecule has 18 heavy (non-hydrogen) atoms. The molecule has 0 aliphatic heterocycles. The van der Waals surface area contributed by atoms with Crippen LogP contribution in [0.4, 0.5) is 4.39 Å². The molecule has 2 rings (SSSR count). The minimum atomic E-state index is -0.339. The minimum absolute atomic E-state index is 0.113. The molecule has 96 valence electrons. The Kier molecular flexibility index (Phi) is 4.37. The molecule has 5 heteroatoms. The highest BCUT2D eigenvalue weighted by atomic mass is 79.9. The summed E-state index contributed by atoms with van der Waals surface area (Å²) in [6, 6.07) is 5.86. The first kappa shape index (κ1) is 13.5. The van der Waals surface area contributed by atoms with E-state index in [9.17, 15) is 9.50 Å². The third-order valence-corrected chi connectivity index (χ3v) is 4.64. The van der Waals surface area contributed by atoms with Gasteiger partial charge in [-0.3, -0.25) is 0 Å². The lowest BCUT2D eigenvalue weighted by Crippen LogP contribution is -2.18. The van der Waals surface area contributed by atoms with Crippen LogP contribution in [0, 0.1) is 5.82 Å². The van der Waals surface area contributed by atoms with E-state index in [0.717, 1.165) is 4.47 Å². The van der Waals surface area contributed by atoms with Crippen LogP contribution < -0.4 is 5.32 Å². The normalized spacial score (nSPS) is 12.6. The summed E-state index contributed by atoms with van der Waals surface area (Å²) in [6.07, 6.45) is 0. The molecule has 1 heterocycles. The fraction of sp³-hybridized carbons (Fsp3) is 0.231. The largest absolute Gasteiger partial charge is 0.508 e. The van der Waals surface area contributed by atoms with Crippen LogP contribution in [-0.2, 0) is 6.54 Å². The van der Waals surface area contributed by atoms with Crippen LogP contribution in [0.3, 0.4) is 0 Å². The molecule has 1 unspecified atom stereocenters. The molecule has 1 aromatic carbocycles. The van der Waals surface area contributed by atoms with Crippen LogP contribution in [0.5, 0.6) is 5.75 Å². The molecular formula is C13H13BrFNOS. The summed E-state index contributed by atoms with van der Waals surface area (Å²) in [6.45, 7) is 2.57. The van der Waals surface area contributed by atoms with E-state index in [1.54, 1.807) is 11.3 Å². The van der Waals surface area contributed by atoms with Gasteiger partial charge in [0.1, 0.15) is 11.6 Å². The molecule has 0 radical (unpaired) electrons. The predicted molar refractivity (Wildman–Crippen MR) is 75.3 cm³/mol. The van der Waals surface area contributed by atoms with Gasteiger partial charge in [0.15, 0.2) is 0 Å². The maximum Gasteiger partial charge on any atom is 0.123 e. The van der Waals surface area contributed by atoms with E-state index in [1.165, 1.54) is 23.1 Å². The monoisotopic (exact) mass is 329 g/mol. The number of phenols is 1. The van der Waals surface area contributed by atoms with E-state index in [-0.39, 0.29) is 17.6 Å². The summed E-state index contributed by atoms with van der Waals surface area (Å²) in [5.41, 5.74) is 0.572. The van der Waals surface area contributed by atoms with Crippen molar-refractivity contribution in [3.05, 3.63) is 50.4 Å². The third-order valence-electron chi connectivity index (χ3n) is 2.72. The van der Waals surface area contributed by atoms with Gasteiger partial charge in [0.2, 0.25) is 0 Å². The molecule has 0 aliphatic rings. The van der Waals surface area contributed by atoms with Gasteiger partial charge in [0.05, 0.1) is 0 Å². The highest BCUT2D eigenvalue weighted by Crippen LogP contribution is 2.27. The molecule has 2 nitrogen and oxygen atoms in total. The number of aromatic hydroxyl groups is 1. The summed E-state index contributed by atoms with van der Waals surface area (Å²) in [5.74, 6) is -0.226. The van der Waals surface area contributed by atoms with Crippen LogP contribution >= 0.6 is 27.3 Å². The average Bonchev–Trinajstić information content (AvgIpc) is 2.75. The lowest BCUT2D eigenvalue weighted by Gasteiger charge is -2.15. The maximum atomic E-state index is 13.1. The van der Waals surface area contributed by atoms with Crippen molar-refractivity contribution < 1.29 is 9.50 Å². The highest BCUT2D eigenvalue weighted by Gasteiger charge is 2.12. The summed E-state index contributed by atoms with van der Waals surface area (Å²) < 4.78 is 14.2. The average molecular weight is 330 g/mol. The molecule has 1 atom stereocenters. The first-order valence-electron chi connectivity index (χ1n) is 5.51. The molecule has 0 aliphatic carbocycles. The number of thiophene rings is 1. The number of phenolic OH excluding ortho intramolecular Hbond substituents is 1. The van der Waals surface area contributed by atoms with Gasteiger partial charge in [-0.05, 0) is 52.5 Å². The molecular weight excluding hydrogens is 317 g/mol. The summed E-state index contributed by atoms with van der Waals surface area (Å²) in [7, 11) is 0. The predicted octanol–water partition coefficient (Wildman–Crippen LogP) is 4.21. The summed E-state index contributed by atoms with van der Waals surface area (Å²) in [5, 5.41) is 15.0. The second-order valence-electron chi connectivity index (χ2n) is 4.00. The van der Waals surface area contributed by atoms with Gasteiger partial charge in [-0.15, -0.1) is 11.3 Å². The minimum Gasteiger partial charge on any atom is -0.508 e. The molecule has 0 spiro atoms. The van der Waals surface area contributed by atoms with Gasteiger partial charge in [0.25, 0.3) is 0 Å². The van der Waals surface area contributed by atoms with Gasteiger partial charge < -0.3 is 10.4 Å². The van der Waals surface area contributed by atoms with Crippen molar-refractivity contribution in [1.29, 1.82) is 0 Å². The SMILES string of the molecule is CC(NCc1sccc1Br)c1cc(F)ccc1O. The Hall–Kier alpha value is -0.910. The van der Waals surface area contributed by atoms with E-state index in [2.05, 4.69) is 21.2 Å². The Morgan fingerprint density at radius 3 is 2.89 bits per heavy atom. The molecule has 0 amide bonds. The summed E-state index contributed by atoms with van der Waals surface area (Å²) >= 11 is 5.11. The number of benzene rings is 1. The molecule has 2 N–H and O–H groups in total. The molecule has 1 aromatic heterocycles. The number of hydrogen-bond acceptors (Lipinski definition) is 3. The second kappa shape index (κ2) is 5.82. The van der Waals surface area contributed by atoms with Crippen molar-refractivity contribution in [2.24, 2.45) is 0 Å². The smallest absolute Gasteiger partial charge is 0.123 e. The van der Waals surface area contributed by atoms with Crippen molar-refractivity contribution in [2.45, 2.75) is 19.5 Å². The van der Waals surface area contributed by atoms with Gasteiger partial charge in [0, 0.05) is 27.5 Å². The Morgan fingerprint density at radius 2 is 2.22 bits per heavy atom. The van der Waals surface area contributed by atoms with E-state index >= 15 is 0 Å². The number of nitrogens with one attached hydrogen (secondary N) is 1. The number of rotatable bonds is 4. The quantitative estimate of drug-likeness (QED) is 0.880. The van der Waals surface area contributed by atoms with Crippen molar-refractivity contribution in [3.63, 3.8) is 0 Å². The van der Waals surface area contributed by atoms with Crippen molar-refractivity contribution >= 4 is 27.3 Å². The summed E-state index contributed by atoms with van der Waals surface area (Å²) in [4.78, 5) is 1.18. The highest BCUT2D eigenvalue weighted by molar-refractivity contribution is 9.10. The van der Waals surface area contributed by atoms with Crippen molar-refractivity contribution in [2.75, 3.05) is 0 Å². The second-order valence-corrected chi connectivity index (χ2v) is 5.85.